The molecule has 1 heterocycles. The second-order valence-corrected chi connectivity index (χ2v) is 4.48. The second kappa shape index (κ2) is 6.66. The topological polar surface area (TPSA) is 42.0 Å². The number of pyridine rings is 1. The minimum atomic E-state index is -0.0180. The molecule has 1 amide bonds. The summed E-state index contributed by atoms with van der Waals surface area (Å²) in [5.41, 5.74) is 0.860. The zero-order valence-corrected chi connectivity index (χ0v) is 11.2. The van der Waals surface area contributed by atoms with E-state index in [1.165, 1.54) is 6.92 Å². The molecule has 16 heavy (non-hydrogen) atoms. The van der Waals surface area contributed by atoms with E-state index in [1.807, 2.05) is 18.2 Å². The van der Waals surface area contributed by atoms with Gasteiger partial charge in [-0.15, -0.1) is 0 Å². The zero-order valence-electron chi connectivity index (χ0n) is 8.84. The van der Waals surface area contributed by atoms with Gasteiger partial charge >= 0.3 is 0 Å². The molecule has 0 atom stereocenters. The van der Waals surface area contributed by atoms with Crippen LogP contribution in [0.1, 0.15) is 18.9 Å². The van der Waals surface area contributed by atoms with Crippen molar-refractivity contribution in [3.8, 4) is 0 Å². The SMILES string of the molecule is CC(=O)NCCC=Cc1cc(Br)cnc1Cl. The highest BCUT2D eigenvalue weighted by atomic mass is 79.9. The zero-order chi connectivity index (χ0) is 12.0. The fourth-order valence-corrected chi connectivity index (χ4v) is 1.61. The summed E-state index contributed by atoms with van der Waals surface area (Å²) in [6, 6.07) is 1.89. The van der Waals surface area contributed by atoms with Gasteiger partial charge < -0.3 is 5.32 Å². The molecule has 1 aromatic rings. The molecule has 0 bridgehead atoms. The first-order valence-corrected chi connectivity index (χ1v) is 5.98. The largest absolute Gasteiger partial charge is 0.356 e. The predicted molar refractivity (Wildman–Crippen MR) is 69.3 cm³/mol. The quantitative estimate of drug-likeness (QED) is 0.686. The molecule has 0 saturated carbocycles. The third-order valence-electron chi connectivity index (χ3n) is 1.82. The smallest absolute Gasteiger partial charge is 0.216 e. The number of hydrogen-bond donors (Lipinski definition) is 1. The summed E-state index contributed by atoms with van der Waals surface area (Å²) >= 11 is 9.23. The summed E-state index contributed by atoms with van der Waals surface area (Å²) in [7, 11) is 0. The van der Waals surface area contributed by atoms with Crippen LogP contribution in [0.4, 0.5) is 0 Å². The van der Waals surface area contributed by atoms with Crippen LogP contribution >= 0.6 is 27.5 Å². The van der Waals surface area contributed by atoms with E-state index in [9.17, 15) is 4.79 Å². The van der Waals surface area contributed by atoms with Gasteiger partial charge in [-0.25, -0.2) is 4.98 Å². The van der Waals surface area contributed by atoms with Crippen LogP contribution in [0.5, 0.6) is 0 Å². The Morgan fingerprint density at radius 3 is 3.12 bits per heavy atom. The molecule has 0 spiro atoms. The molecule has 1 rings (SSSR count). The monoisotopic (exact) mass is 302 g/mol. The number of nitrogens with zero attached hydrogens (tertiary/aromatic N) is 1. The first kappa shape index (κ1) is 13.2. The van der Waals surface area contributed by atoms with E-state index in [0.29, 0.717) is 11.7 Å². The lowest BCUT2D eigenvalue weighted by molar-refractivity contribution is -0.118. The van der Waals surface area contributed by atoms with Crippen LogP contribution < -0.4 is 5.32 Å². The third-order valence-corrected chi connectivity index (χ3v) is 2.56. The first-order chi connectivity index (χ1) is 7.59. The van der Waals surface area contributed by atoms with Crippen LogP contribution in [-0.4, -0.2) is 17.4 Å². The van der Waals surface area contributed by atoms with Gasteiger partial charge in [-0.3, -0.25) is 4.79 Å². The van der Waals surface area contributed by atoms with E-state index >= 15 is 0 Å². The Bertz CT molecular complexity index is 407. The van der Waals surface area contributed by atoms with E-state index in [0.717, 1.165) is 16.5 Å². The highest BCUT2D eigenvalue weighted by molar-refractivity contribution is 9.10. The molecular formula is C11H12BrClN2O. The Morgan fingerprint density at radius 1 is 1.69 bits per heavy atom. The maximum atomic E-state index is 10.6. The van der Waals surface area contributed by atoms with Crippen LogP contribution in [0.3, 0.4) is 0 Å². The molecule has 3 nitrogen and oxygen atoms in total. The van der Waals surface area contributed by atoms with Gasteiger partial charge in [0.2, 0.25) is 5.91 Å². The van der Waals surface area contributed by atoms with E-state index < -0.39 is 0 Å². The lowest BCUT2D eigenvalue weighted by Crippen LogP contribution is -2.20. The minimum absolute atomic E-state index is 0.0180. The molecule has 0 aromatic carbocycles. The highest BCUT2D eigenvalue weighted by Crippen LogP contribution is 2.19. The van der Waals surface area contributed by atoms with Crippen molar-refractivity contribution in [3.63, 3.8) is 0 Å². The van der Waals surface area contributed by atoms with Crippen molar-refractivity contribution < 1.29 is 4.79 Å². The van der Waals surface area contributed by atoms with E-state index in [4.69, 9.17) is 11.6 Å². The Hall–Kier alpha value is -0.870. The lowest BCUT2D eigenvalue weighted by atomic mass is 10.2. The standard InChI is InChI=1S/C11H12BrClN2O/c1-8(16)14-5-3-2-4-9-6-10(12)7-15-11(9)13/h2,4,6-7H,3,5H2,1H3,(H,14,16). The van der Waals surface area contributed by atoms with Gasteiger partial charge in [-0.2, -0.15) is 0 Å². The second-order valence-electron chi connectivity index (χ2n) is 3.21. The Labute approximate surface area is 108 Å². The number of amides is 1. The van der Waals surface area contributed by atoms with Crippen molar-refractivity contribution in [2.24, 2.45) is 0 Å². The molecule has 5 heteroatoms. The van der Waals surface area contributed by atoms with E-state index in [-0.39, 0.29) is 5.91 Å². The van der Waals surface area contributed by atoms with Gasteiger partial charge in [0.25, 0.3) is 0 Å². The first-order valence-electron chi connectivity index (χ1n) is 4.81. The molecule has 0 saturated heterocycles. The summed E-state index contributed by atoms with van der Waals surface area (Å²) in [5, 5.41) is 3.18. The lowest BCUT2D eigenvalue weighted by Gasteiger charge is -1.99. The molecule has 0 aliphatic heterocycles. The van der Waals surface area contributed by atoms with Crippen molar-refractivity contribution in [2.45, 2.75) is 13.3 Å². The van der Waals surface area contributed by atoms with Crippen LogP contribution in [0.2, 0.25) is 5.15 Å². The summed E-state index contributed by atoms with van der Waals surface area (Å²) < 4.78 is 0.887. The number of carbonyl (C=O) groups excluding carboxylic acids is 1. The number of halogens is 2. The van der Waals surface area contributed by atoms with Crippen molar-refractivity contribution in [1.82, 2.24) is 10.3 Å². The molecule has 1 N–H and O–H groups in total. The molecule has 0 aliphatic rings. The van der Waals surface area contributed by atoms with Gasteiger partial charge in [-0.1, -0.05) is 23.8 Å². The number of aromatic nitrogens is 1. The molecule has 0 unspecified atom stereocenters. The summed E-state index contributed by atoms with van der Waals surface area (Å²) in [4.78, 5) is 14.6. The Kier molecular flexibility index (Phi) is 5.49. The fraction of sp³-hybridized carbons (Fsp3) is 0.273. The van der Waals surface area contributed by atoms with Gasteiger partial charge in [0.05, 0.1) is 0 Å². The molecule has 1 aromatic heterocycles. The summed E-state index contributed by atoms with van der Waals surface area (Å²) in [6.07, 6.45) is 6.26. The molecular weight excluding hydrogens is 291 g/mol. The highest BCUT2D eigenvalue weighted by Gasteiger charge is 1.98. The van der Waals surface area contributed by atoms with Crippen molar-refractivity contribution in [3.05, 3.63) is 33.5 Å². The maximum Gasteiger partial charge on any atom is 0.216 e. The van der Waals surface area contributed by atoms with Gasteiger partial charge in [-0.05, 0) is 28.4 Å². The van der Waals surface area contributed by atoms with Crippen LogP contribution in [0, 0.1) is 0 Å². The summed E-state index contributed by atoms with van der Waals surface area (Å²) in [6.45, 7) is 2.13. The Morgan fingerprint density at radius 2 is 2.44 bits per heavy atom. The van der Waals surface area contributed by atoms with E-state index in [1.54, 1.807) is 6.20 Å². The Balaban J connectivity index is 2.49. The number of nitrogens with one attached hydrogen (secondary N) is 1. The predicted octanol–water partition coefficient (Wildman–Crippen LogP) is 3.04. The molecule has 86 valence electrons. The van der Waals surface area contributed by atoms with Gasteiger partial charge in [0.15, 0.2) is 0 Å². The molecule has 0 radical (unpaired) electrons. The van der Waals surface area contributed by atoms with Crippen LogP contribution in [0.25, 0.3) is 6.08 Å². The number of hydrogen-bond acceptors (Lipinski definition) is 2. The van der Waals surface area contributed by atoms with Gasteiger partial charge in [0, 0.05) is 29.7 Å². The fourth-order valence-electron chi connectivity index (χ4n) is 1.10. The average Bonchev–Trinajstić information content (AvgIpc) is 2.22. The van der Waals surface area contributed by atoms with Crippen molar-refractivity contribution >= 4 is 39.5 Å². The van der Waals surface area contributed by atoms with Crippen molar-refractivity contribution in [1.29, 1.82) is 0 Å². The van der Waals surface area contributed by atoms with Crippen molar-refractivity contribution in [2.75, 3.05) is 6.54 Å². The normalized spacial score (nSPS) is 10.7. The third kappa shape index (κ3) is 4.77. The number of rotatable bonds is 4. The van der Waals surface area contributed by atoms with Crippen LogP contribution in [-0.2, 0) is 4.79 Å². The van der Waals surface area contributed by atoms with Crippen LogP contribution in [0.15, 0.2) is 22.8 Å². The maximum absolute atomic E-state index is 10.6. The average molecular weight is 304 g/mol. The summed E-state index contributed by atoms with van der Waals surface area (Å²) in [5.74, 6) is -0.0180. The molecule has 0 fully saturated rings. The van der Waals surface area contributed by atoms with E-state index in [2.05, 4.69) is 26.2 Å². The van der Waals surface area contributed by atoms with Gasteiger partial charge in [0.1, 0.15) is 5.15 Å². The number of carbonyl (C=O) groups is 1. The molecule has 0 aliphatic carbocycles. The minimum Gasteiger partial charge on any atom is -0.356 e.